The second-order valence-corrected chi connectivity index (χ2v) is 0.711. The van der Waals surface area contributed by atoms with Crippen LogP contribution < -0.4 is 0 Å². The largest absolute Gasteiger partial charge is 0.316 e. The highest BCUT2D eigenvalue weighted by Crippen LogP contribution is 1.70. The van der Waals surface area contributed by atoms with Crippen LogP contribution in [0.4, 0.5) is 0 Å². The predicted molar refractivity (Wildman–Crippen MR) is 29.2 cm³/mol. The second-order valence-electron chi connectivity index (χ2n) is 0.459. The molecule has 28 valence electrons. The van der Waals surface area contributed by atoms with Crippen LogP contribution in [0.25, 0.3) is 0 Å². The van der Waals surface area contributed by atoms with Gasteiger partial charge in [0.1, 0.15) is 0 Å². The Hall–Kier alpha value is 0.796. The summed E-state index contributed by atoms with van der Waals surface area (Å²) in [5, 5.41) is 0. The van der Waals surface area contributed by atoms with Gasteiger partial charge in [-0.25, -0.2) is 0 Å². The van der Waals surface area contributed by atoms with E-state index in [4.69, 9.17) is 11.6 Å². The van der Waals surface area contributed by atoms with Crippen LogP contribution in [0.5, 0.6) is 0 Å². The molecule has 0 aliphatic heterocycles. The first-order valence-electron chi connectivity index (χ1n) is 1.13. The minimum Gasteiger partial charge on any atom is -0.0933 e. The SMILES string of the molecule is CC=CCl.[MgH2]. The van der Waals surface area contributed by atoms with E-state index in [0.29, 0.717) is 0 Å². The maximum absolute atomic E-state index is 5.01. The van der Waals surface area contributed by atoms with Gasteiger partial charge in [0.05, 0.1) is 0 Å². The quantitative estimate of drug-likeness (QED) is 0.398. The molecule has 0 N–H and O–H groups in total. The van der Waals surface area contributed by atoms with Crippen molar-refractivity contribution in [3.8, 4) is 0 Å². The summed E-state index contributed by atoms with van der Waals surface area (Å²) in [6.07, 6.45) is 1.77. The van der Waals surface area contributed by atoms with E-state index in [1.54, 1.807) is 6.08 Å². The summed E-state index contributed by atoms with van der Waals surface area (Å²) in [6.45, 7) is 1.87. The van der Waals surface area contributed by atoms with E-state index in [2.05, 4.69) is 0 Å². The number of hydrogen-bond acceptors (Lipinski definition) is 0. The van der Waals surface area contributed by atoms with Gasteiger partial charge in [-0.2, -0.15) is 0 Å². The topological polar surface area (TPSA) is 0 Å². The van der Waals surface area contributed by atoms with Crippen LogP contribution >= 0.6 is 11.6 Å². The average Bonchev–Trinajstić information content (AvgIpc) is 1.37. The van der Waals surface area contributed by atoms with Crippen LogP contribution in [0.15, 0.2) is 11.6 Å². The van der Waals surface area contributed by atoms with Crippen molar-refractivity contribution >= 4 is 34.7 Å². The van der Waals surface area contributed by atoms with Crippen LogP contribution in [0.3, 0.4) is 0 Å². The normalized spacial score (nSPS) is 7.60. The van der Waals surface area contributed by atoms with E-state index in [0.717, 1.165) is 0 Å². The first-order valence-corrected chi connectivity index (χ1v) is 1.57. The van der Waals surface area contributed by atoms with Gasteiger partial charge in [0.2, 0.25) is 0 Å². The average molecular weight is 103 g/mol. The van der Waals surface area contributed by atoms with Gasteiger partial charge in [0.15, 0.2) is 0 Å². The van der Waals surface area contributed by atoms with Crippen LogP contribution in [-0.4, -0.2) is 23.1 Å². The van der Waals surface area contributed by atoms with E-state index in [-0.39, 0.29) is 23.1 Å². The Balaban J connectivity index is 0. The summed E-state index contributed by atoms with van der Waals surface area (Å²) in [5.74, 6) is 0. The van der Waals surface area contributed by atoms with E-state index in [9.17, 15) is 0 Å². The Labute approximate surface area is 53.4 Å². The maximum Gasteiger partial charge on any atom is 0.316 e. The highest BCUT2D eigenvalue weighted by molar-refractivity contribution is 6.25. The fraction of sp³-hybridized carbons (Fsp3) is 0.333. The number of rotatable bonds is 0. The zero-order valence-corrected chi connectivity index (χ0v) is 3.29. The summed E-state index contributed by atoms with van der Waals surface area (Å²) in [5.41, 5.74) is 1.47. The molecule has 0 aromatic heterocycles. The molecule has 5 heavy (non-hydrogen) atoms. The fourth-order valence-electron chi connectivity index (χ4n) is 0. The fourth-order valence-corrected chi connectivity index (χ4v) is 0. The summed E-state index contributed by atoms with van der Waals surface area (Å²) in [7, 11) is 0. The van der Waals surface area contributed by atoms with Crippen LogP contribution in [-0.2, 0) is 0 Å². The summed E-state index contributed by atoms with van der Waals surface area (Å²) in [6, 6.07) is 0. The molecule has 0 aromatic rings. The Morgan fingerprint density at radius 1 is 1.60 bits per heavy atom. The Bertz CT molecular complexity index is 22.1. The number of halogens is 1. The van der Waals surface area contributed by atoms with Crippen LogP contribution in [0.2, 0.25) is 0 Å². The summed E-state index contributed by atoms with van der Waals surface area (Å²) < 4.78 is 0. The smallest absolute Gasteiger partial charge is 0.0933 e. The van der Waals surface area contributed by atoms with Crippen molar-refractivity contribution in [2.24, 2.45) is 0 Å². The van der Waals surface area contributed by atoms with Gasteiger partial charge in [-0.1, -0.05) is 17.7 Å². The van der Waals surface area contributed by atoms with Crippen molar-refractivity contribution in [3.05, 3.63) is 11.6 Å². The molecule has 0 bridgehead atoms. The molecule has 0 fully saturated rings. The van der Waals surface area contributed by atoms with E-state index in [1.807, 2.05) is 6.92 Å². The molecule has 0 spiro atoms. The third kappa shape index (κ3) is 11.6. The maximum atomic E-state index is 5.01. The lowest BCUT2D eigenvalue weighted by Gasteiger charge is -1.46. The minimum atomic E-state index is 0. The van der Waals surface area contributed by atoms with Gasteiger partial charge < -0.3 is 0 Å². The molecule has 2 heteroatoms. The molecule has 0 saturated heterocycles. The van der Waals surface area contributed by atoms with Crippen molar-refractivity contribution in [2.75, 3.05) is 0 Å². The Morgan fingerprint density at radius 3 is 1.80 bits per heavy atom. The van der Waals surface area contributed by atoms with E-state index < -0.39 is 0 Å². The molecule has 0 aliphatic rings. The zero-order valence-electron chi connectivity index (χ0n) is 2.53. The number of hydrogen-bond donors (Lipinski definition) is 0. The highest BCUT2D eigenvalue weighted by Gasteiger charge is 1.37. The monoisotopic (exact) mass is 102 g/mol. The van der Waals surface area contributed by atoms with Crippen molar-refractivity contribution < 1.29 is 0 Å². The van der Waals surface area contributed by atoms with Gasteiger partial charge in [-0.3, -0.25) is 0 Å². The number of allylic oxidation sites excluding steroid dienone is 1. The Kier molecular flexibility index (Phi) is 16.4. The standard InChI is InChI=1S/C3H5Cl.Mg.2H/c1-2-3-4;;;/h2-3H,1H3;;;. The lowest BCUT2D eigenvalue weighted by Crippen LogP contribution is -1.20. The molecule has 0 aromatic carbocycles. The zero-order chi connectivity index (χ0) is 3.41. The highest BCUT2D eigenvalue weighted by atomic mass is 35.5. The molecule has 0 heterocycles. The lowest BCUT2D eigenvalue weighted by molar-refractivity contribution is 1.78. The lowest BCUT2D eigenvalue weighted by atomic mass is 10.8. The van der Waals surface area contributed by atoms with Crippen molar-refractivity contribution in [2.45, 2.75) is 6.92 Å². The van der Waals surface area contributed by atoms with Gasteiger partial charge in [-0.15, -0.1) is 0 Å². The van der Waals surface area contributed by atoms with Gasteiger partial charge in [0.25, 0.3) is 0 Å². The van der Waals surface area contributed by atoms with Crippen LogP contribution in [0, 0.1) is 0 Å². The molecular formula is C3H7ClMg. The molecule has 0 rings (SSSR count). The van der Waals surface area contributed by atoms with Crippen LogP contribution in [0.1, 0.15) is 6.92 Å². The van der Waals surface area contributed by atoms with E-state index >= 15 is 0 Å². The molecule has 0 nitrogen and oxygen atoms in total. The molecular weight excluding hydrogens is 95.8 g/mol. The van der Waals surface area contributed by atoms with Gasteiger partial charge >= 0.3 is 23.1 Å². The van der Waals surface area contributed by atoms with Crippen molar-refractivity contribution in [1.29, 1.82) is 0 Å². The third-order valence-electron chi connectivity index (χ3n) is 0.126. The Morgan fingerprint density at radius 2 is 1.80 bits per heavy atom. The predicted octanol–water partition coefficient (Wildman–Crippen LogP) is 0.843. The molecule has 0 aliphatic carbocycles. The van der Waals surface area contributed by atoms with Crippen molar-refractivity contribution in [3.63, 3.8) is 0 Å². The molecule has 0 saturated carbocycles. The first kappa shape index (κ1) is 9.25. The summed E-state index contributed by atoms with van der Waals surface area (Å²) >= 11 is 5.01. The summed E-state index contributed by atoms with van der Waals surface area (Å²) in [4.78, 5) is 0. The van der Waals surface area contributed by atoms with Crippen molar-refractivity contribution in [1.82, 2.24) is 0 Å². The van der Waals surface area contributed by atoms with Gasteiger partial charge in [-0.05, 0) is 12.5 Å². The molecule has 0 amide bonds. The molecule has 0 radical (unpaired) electrons. The second kappa shape index (κ2) is 8.84. The van der Waals surface area contributed by atoms with E-state index in [1.165, 1.54) is 5.54 Å². The molecule has 0 unspecified atom stereocenters. The minimum absolute atomic E-state index is 0. The van der Waals surface area contributed by atoms with Gasteiger partial charge in [0, 0.05) is 0 Å². The third-order valence-corrected chi connectivity index (χ3v) is 0.378. The first-order chi connectivity index (χ1) is 1.91. The molecule has 0 atom stereocenters.